The molecule has 148 valence electrons. The van der Waals surface area contributed by atoms with Crippen molar-refractivity contribution in [2.75, 3.05) is 0 Å². The second kappa shape index (κ2) is 7.29. The lowest BCUT2D eigenvalue weighted by atomic mass is 9.86. The average Bonchev–Trinajstić information content (AvgIpc) is 3.15. The fourth-order valence-electron chi connectivity index (χ4n) is 5.05. The molecule has 2 bridgehead atoms. The lowest BCUT2D eigenvalue weighted by molar-refractivity contribution is -0.110. The maximum Gasteiger partial charge on any atom is 0.261 e. The molecule has 2 aromatic carbocycles. The van der Waals surface area contributed by atoms with Crippen molar-refractivity contribution in [3.05, 3.63) is 72.8 Å². The zero-order valence-electron chi connectivity index (χ0n) is 17.6. The van der Waals surface area contributed by atoms with Gasteiger partial charge in [-0.25, -0.2) is 0 Å². The minimum Gasteiger partial charge on any atom is -0.404 e. The highest BCUT2D eigenvalue weighted by Gasteiger charge is 2.54. The van der Waals surface area contributed by atoms with E-state index in [1.54, 1.807) is 0 Å². The number of fused-ring (bicyclic) bond motifs is 2. The molecule has 5 atom stereocenters. The van der Waals surface area contributed by atoms with Gasteiger partial charge in [-0.1, -0.05) is 107 Å². The van der Waals surface area contributed by atoms with Crippen LogP contribution in [0.2, 0.25) is 5.04 Å². The smallest absolute Gasteiger partial charge is 0.261 e. The van der Waals surface area contributed by atoms with Crippen LogP contribution in [0.5, 0.6) is 0 Å². The fourth-order valence-corrected chi connectivity index (χ4v) is 9.90. The Morgan fingerprint density at radius 1 is 0.750 bits per heavy atom. The fraction of sp³-hybridized carbons (Fsp3) is 0.440. The van der Waals surface area contributed by atoms with Gasteiger partial charge in [0.25, 0.3) is 8.32 Å². The first kappa shape index (κ1) is 19.6. The van der Waals surface area contributed by atoms with Gasteiger partial charge in [0.15, 0.2) is 0 Å². The Balaban J connectivity index is 1.86. The van der Waals surface area contributed by atoms with Gasteiger partial charge in [-0.2, -0.15) is 0 Å². The van der Waals surface area contributed by atoms with Crippen LogP contribution in [0.25, 0.3) is 0 Å². The first-order valence-corrected chi connectivity index (χ1v) is 12.4. The molecule has 2 aliphatic rings. The summed E-state index contributed by atoms with van der Waals surface area (Å²) in [5.41, 5.74) is 0. The Bertz CT molecular complexity index is 767. The highest BCUT2D eigenvalue weighted by Crippen LogP contribution is 2.43. The van der Waals surface area contributed by atoms with Gasteiger partial charge < -0.3 is 9.16 Å². The number of rotatable bonds is 4. The van der Waals surface area contributed by atoms with E-state index in [1.807, 2.05) is 0 Å². The van der Waals surface area contributed by atoms with Gasteiger partial charge in [-0.3, -0.25) is 0 Å². The summed E-state index contributed by atoms with van der Waals surface area (Å²) in [6.45, 7) is 11.6. The molecule has 0 aromatic heterocycles. The van der Waals surface area contributed by atoms with Crippen molar-refractivity contribution in [1.29, 1.82) is 0 Å². The van der Waals surface area contributed by atoms with Crippen LogP contribution < -0.4 is 10.4 Å². The lowest BCUT2D eigenvalue weighted by Crippen LogP contribution is -2.69. The Morgan fingerprint density at radius 3 is 1.57 bits per heavy atom. The van der Waals surface area contributed by atoms with Crippen molar-refractivity contribution in [3.8, 4) is 0 Å². The summed E-state index contributed by atoms with van der Waals surface area (Å²) >= 11 is 0. The Kier molecular flexibility index (Phi) is 5.11. The summed E-state index contributed by atoms with van der Waals surface area (Å²) < 4.78 is 13.6. The quantitative estimate of drug-likeness (QED) is 0.562. The third-order valence-electron chi connectivity index (χ3n) is 6.61. The molecule has 28 heavy (non-hydrogen) atoms. The molecular weight excluding hydrogens is 360 g/mol. The van der Waals surface area contributed by atoms with E-state index in [0.29, 0.717) is 11.8 Å². The van der Waals surface area contributed by atoms with Crippen LogP contribution in [0.15, 0.2) is 72.8 Å². The number of hydrogen-bond donors (Lipinski definition) is 0. The molecule has 2 aliphatic heterocycles. The van der Waals surface area contributed by atoms with Crippen molar-refractivity contribution in [1.82, 2.24) is 0 Å². The highest BCUT2D eigenvalue weighted by molar-refractivity contribution is 6.99. The number of hydrogen-bond acceptors (Lipinski definition) is 2. The van der Waals surface area contributed by atoms with Crippen molar-refractivity contribution >= 4 is 18.7 Å². The predicted molar refractivity (Wildman–Crippen MR) is 119 cm³/mol. The van der Waals surface area contributed by atoms with E-state index in [4.69, 9.17) is 9.16 Å². The van der Waals surface area contributed by atoms with Crippen LogP contribution in [-0.4, -0.2) is 26.6 Å². The third kappa shape index (κ3) is 3.10. The second-order valence-electron chi connectivity index (χ2n) is 9.41. The maximum absolute atomic E-state index is 7.44. The molecule has 0 aliphatic carbocycles. The van der Waals surface area contributed by atoms with E-state index in [9.17, 15) is 0 Å². The zero-order valence-corrected chi connectivity index (χ0v) is 18.6. The summed E-state index contributed by atoms with van der Waals surface area (Å²) in [5.74, 6) is 0.679. The molecule has 0 saturated carbocycles. The van der Waals surface area contributed by atoms with Crippen molar-refractivity contribution < 1.29 is 9.16 Å². The van der Waals surface area contributed by atoms with E-state index in [1.165, 1.54) is 10.4 Å². The largest absolute Gasteiger partial charge is 0.404 e. The minimum absolute atomic E-state index is 0.0000723. The molecule has 1 fully saturated rings. The molecule has 1 saturated heterocycles. The minimum atomic E-state index is -2.54. The molecule has 0 amide bonds. The van der Waals surface area contributed by atoms with Crippen LogP contribution in [0.1, 0.15) is 34.6 Å². The van der Waals surface area contributed by atoms with Gasteiger partial charge in [0.05, 0.1) is 18.3 Å². The van der Waals surface area contributed by atoms with Crippen molar-refractivity contribution in [2.24, 2.45) is 11.8 Å². The van der Waals surface area contributed by atoms with Gasteiger partial charge in [-0.15, -0.1) is 0 Å². The third-order valence-corrected chi connectivity index (χ3v) is 11.6. The van der Waals surface area contributed by atoms with Gasteiger partial charge in [0.1, 0.15) is 0 Å². The van der Waals surface area contributed by atoms with Gasteiger partial charge >= 0.3 is 0 Å². The van der Waals surface area contributed by atoms with Crippen molar-refractivity contribution in [3.63, 3.8) is 0 Å². The first-order valence-electron chi connectivity index (χ1n) is 10.5. The van der Waals surface area contributed by atoms with E-state index in [-0.39, 0.29) is 23.4 Å². The van der Waals surface area contributed by atoms with E-state index < -0.39 is 8.32 Å². The van der Waals surface area contributed by atoms with Crippen LogP contribution in [0.4, 0.5) is 0 Å². The topological polar surface area (TPSA) is 18.5 Å². The summed E-state index contributed by atoms with van der Waals surface area (Å²) in [6, 6.07) is 21.9. The highest BCUT2D eigenvalue weighted by atomic mass is 28.4. The standard InChI is InChI=1S/C25H32O2Si/c1-18-22-16-17-23(26-22)19(2)24(18)27-28(25(3,4)5,20-12-8-6-9-13-20)21-14-10-7-11-15-21/h6-19,22-24H,1-5H3/t18-,19+,22+,23-,24?. The summed E-state index contributed by atoms with van der Waals surface area (Å²) in [7, 11) is -2.54. The van der Waals surface area contributed by atoms with Crippen LogP contribution in [0, 0.1) is 11.8 Å². The maximum atomic E-state index is 7.44. The molecule has 2 aromatic rings. The number of ether oxygens (including phenoxy) is 1. The average molecular weight is 393 g/mol. The van der Waals surface area contributed by atoms with Crippen molar-refractivity contribution in [2.45, 2.75) is 58.0 Å². The van der Waals surface area contributed by atoms with E-state index >= 15 is 0 Å². The summed E-state index contributed by atoms with van der Waals surface area (Å²) in [6.07, 6.45) is 4.99. The zero-order chi connectivity index (χ0) is 19.9. The summed E-state index contributed by atoms with van der Waals surface area (Å²) in [5, 5.41) is 2.69. The van der Waals surface area contributed by atoms with E-state index in [2.05, 4.69) is 107 Å². The van der Waals surface area contributed by atoms with Crippen LogP contribution in [-0.2, 0) is 9.16 Å². The molecule has 2 nitrogen and oxygen atoms in total. The molecule has 1 unspecified atom stereocenters. The van der Waals surface area contributed by atoms with Gasteiger partial charge in [-0.05, 0) is 15.4 Å². The number of benzene rings is 2. The molecule has 0 spiro atoms. The Morgan fingerprint density at radius 2 is 1.18 bits per heavy atom. The molecule has 4 rings (SSSR count). The molecule has 0 radical (unpaired) electrons. The SMILES string of the molecule is C[C@@H]1C(O[Si](c2ccccc2)(c2ccccc2)C(C)(C)C)[C@H](C)[C@@H]2C=C[C@H]1O2. The van der Waals surface area contributed by atoms with Crippen LogP contribution in [0.3, 0.4) is 0 Å². The molecule has 0 N–H and O–H groups in total. The Labute approximate surface area is 170 Å². The Hall–Kier alpha value is -1.68. The van der Waals surface area contributed by atoms with Gasteiger partial charge in [0.2, 0.25) is 0 Å². The van der Waals surface area contributed by atoms with Gasteiger partial charge in [0, 0.05) is 11.8 Å². The molecule has 2 heterocycles. The summed E-state index contributed by atoms with van der Waals surface area (Å²) in [4.78, 5) is 0. The second-order valence-corrected chi connectivity index (χ2v) is 13.7. The monoisotopic (exact) mass is 392 g/mol. The predicted octanol–water partition coefficient (Wildman–Crippen LogP) is 4.54. The van der Waals surface area contributed by atoms with Crippen LogP contribution >= 0.6 is 0 Å². The molecular formula is C25H32O2Si. The molecule has 3 heteroatoms. The van der Waals surface area contributed by atoms with E-state index in [0.717, 1.165) is 0 Å². The first-order chi connectivity index (χ1) is 13.3. The normalized spacial score (nSPS) is 29.8. The lowest BCUT2D eigenvalue weighted by Gasteiger charge is -2.50.